The number of hydrogen-bond donors (Lipinski definition) is 1. The van der Waals surface area contributed by atoms with Gasteiger partial charge in [-0.3, -0.25) is 9.69 Å². The number of anilines is 2. The molecule has 3 aromatic rings. The lowest BCUT2D eigenvalue weighted by atomic mass is 10.1. The largest absolute Gasteiger partial charge is 0.495 e. The molecule has 1 atom stereocenters. The minimum absolute atomic E-state index is 0.0774. The standard InChI is InChI=1S/C21H16Cl2N2O2/c1-27-19-11-8-14(23)12-18(19)24-20-16-4-2-3-5-17(16)21(26)25(20)15-9-6-13(22)7-10-15/h2-12,20,24H,1H3. The average molecular weight is 399 g/mol. The van der Waals surface area contributed by atoms with Crippen LogP contribution in [-0.4, -0.2) is 13.0 Å². The topological polar surface area (TPSA) is 41.6 Å². The SMILES string of the molecule is COc1ccc(Cl)cc1NC1c2ccccc2C(=O)N1c1ccc(Cl)cc1. The number of fused-ring (bicyclic) bond motifs is 1. The van der Waals surface area contributed by atoms with Gasteiger partial charge in [0.2, 0.25) is 0 Å². The van der Waals surface area contributed by atoms with Crippen molar-refractivity contribution in [1.29, 1.82) is 0 Å². The van der Waals surface area contributed by atoms with Crippen LogP contribution in [-0.2, 0) is 0 Å². The van der Waals surface area contributed by atoms with E-state index in [-0.39, 0.29) is 5.91 Å². The van der Waals surface area contributed by atoms with Crippen LogP contribution in [0.5, 0.6) is 5.75 Å². The van der Waals surface area contributed by atoms with Crippen molar-refractivity contribution in [3.63, 3.8) is 0 Å². The summed E-state index contributed by atoms with van der Waals surface area (Å²) < 4.78 is 5.44. The summed E-state index contributed by atoms with van der Waals surface area (Å²) in [6.07, 6.45) is -0.401. The average Bonchev–Trinajstić information content (AvgIpc) is 2.95. The quantitative estimate of drug-likeness (QED) is 0.605. The Morgan fingerprint density at radius 2 is 1.67 bits per heavy atom. The fourth-order valence-electron chi connectivity index (χ4n) is 3.27. The Balaban J connectivity index is 1.80. The molecule has 0 spiro atoms. The lowest BCUT2D eigenvalue weighted by Gasteiger charge is -2.28. The molecule has 4 nitrogen and oxygen atoms in total. The zero-order valence-electron chi connectivity index (χ0n) is 14.4. The molecule has 3 aromatic carbocycles. The van der Waals surface area contributed by atoms with Crippen LogP contribution in [0.1, 0.15) is 22.1 Å². The number of hydrogen-bond acceptors (Lipinski definition) is 3. The van der Waals surface area contributed by atoms with Crippen LogP contribution in [0, 0.1) is 0 Å². The second-order valence-corrected chi connectivity index (χ2v) is 7.00. The van der Waals surface area contributed by atoms with Gasteiger partial charge in [-0.2, -0.15) is 0 Å². The Hall–Kier alpha value is -2.69. The summed E-state index contributed by atoms with van der Waals surface area (Å²) >= 11 is 12.2. The van der Waals surface area contributed by atoms with E-state index in [1.807, 2.05) is 36.4 Å². The molecule has 0 radical (unpaired) electrons. The number of halogens is 2. The molecule has 0 aromatic heterocycles. The van der Waals surface area contributed by atoms with Crippen molar-refractivity contribution >= 4 is 40.5 Å². The van der Waals surface area contributed by atoms with E-state index < -0.39 is 6.17 Å². The van der Waals surface area contributed by atoms with Crippen LogP contribution in [0.2, 0.25) is 10.0 Å². The fraction of sp³-hybridized carbons (Fsp3) is 0.0952. The van der Waals surface area contributed by atoms with Gasteiger partial charge in [-0.15, -0.1) is 0 Å². The molecule has 0 saturated carbocycles. The lowest BCUT2D eigenvalue weighted by molar-refractivity contribution is 0.0993. The Labute approximate surface area is 167 Å². The molecular formula is C21H16Cl2N2O2. The van der Waals surface area contributed by atoms with Crippen LogP contribution in [0.25, 0.3) is 0 Å². The summed E-state index contributed by atoms with van der Waals surface area (Å²) in [6.45, 7) is 0. The molecule has 136 valence electrons. The fourth-order valence-corrected chi connectivity index (χ4v) is 3.57. The van der Waals surface area contributed by atoms with Crippen molar-refractivity contribution in [2.24, 2.45) is 0 Å². The van der Waals surface area contributed by atoms with Gasteiger partial charge in [0.05, 0.1) is 12.8 Å². The molecule has 1 N–H and O–H groups in total. The van der Waals surface area contributed by atoms with E-state index in [2.05, 4.69) is 5.32 Å². The third kappa shape index (κ3) is 3.22. The number of ether oxygens (including phenoxy) is 1. The number of nitrogens with zero attached hydrogens (tertiary/aromatic N) is 1. The van der Waals surface area contributed by atoms with Crippen LogP contribution in [0.15, 0.2) is 66.7 Å². The minimum atomic E-state index is -0.401. The van der Waals surface area contributed by atoms with Gasteiger partial charge < -0.3 is 10.1 Å². The van der Waals surface area contributed by atoms with E-state index >= 15 is 0 Å². The minimum Gasteiger partial charge on any atom is -0.495 e. The molecule has 0 fully saturated rings. The monoisotopic (exact) mass is 398 g/mol. The number of amides is 1. The molecular weight excluding hydrogens is 383 g/mol. The third-order valence-corrected chi connectivity index (χ3v) is 5.01. The summed E-state index contributed by atoms with van der Waals surface area (Å²) in [5.74, 6) is 0.568. The lowest BCUT2D eigenvalue weighted by Crippen LogP contribution is -2.32. The van der Waals surface area contributed by atoms with Gasteiger partial charge in [-0.05, 0) is 48.5 Å². The van der Waals surface area contributed by atoms with E-state index in [1.54, 1.807) is 42.3 Å². The maximum Gasteiger partial charge on any atom is 0.260 e. The van der Waals surface area contributed by atoms with E-state index in [9.17, 15) is 4.79 Å². The highest BCUT2D eigenvalue weighted by Gasteiger charge is 2.37. The molecule has 4 rings (SSSR count). The zero-order valence-corrected chi connectivity index (χ0v) is 16.0. The van der Waals surface area contributed by atoms with Crippen molar-refractivity contribution in [1.82, 2.24) is 0 Å². The molecule has 1 aliphatic rings. The highest BCUT2D eigenvalue weighted by molar-refractivity contribution is 6.31. The normalized spacial score (nSPS) is 15.6. The van der Waals surface area contributed by atoms with Gasteiger partial charge >= 0.3 is 0 Å². The van der Waals surface area contributed by atoms with Crippen molar-refractivity contribution < 1.29 is 9.53 Å². The van der Waals surface area contributed by atoms with E-state index in [0.29, 0.717) is 27.0 Å². The van der Waals surface area contributed by atoms with Gasteiger partial charge in [0.15, 0.2) is 0 Å². The first kappa shape index (κ1) is 17.7. The number of methoxy groups -OCH3 is 1. The highest BCUT2D eigenvalue weighted by atomic mass is 35.5. The maximum atomic E-state index is 13.1. The summed E-state index contributed by atoms with van der Waals surface area (Å²) in [5.41, 5.74) is 3.00. The summed E-state index contributed by atoms with van der Waals surface area (Å²) in [6, 6.07) is 20.1. The Morgan fingerprint density at radius 3 is 2.41 bits per heavy atom. The molecule has 6 heteroatoms. The first-order valence-corrected chi connectivity index (χ1v) is 9.12. The predicted molar refractivity (Wildman–Crippen MR) is 109 cm³/mol. The smallest absolute Gasteiger partial charge is 0.260 e. The van der Waals surface area contributed by atoms with Gasteiger partial charge in [-0.1, -0.05) is 41.4 Å². The Morgan fingerprint density at radius 1 is 0.963 bits per heavy atom. The van der Waals surface area contributed by atoms with Gasteiger partial charge in [-0.25, -0.2) is 0 Å². The second kappa shape index (κ2) is 7.14. The third-order valence-electron chi connectivity index (χ3n) is 4.52. The van der Waals surface area contributed by atoms with E-state index in [0.717, 1.165) is 11.3 Å². The first-order valence-electron chi connectivity index (χ1n) is 8.36. The Bertz CT molecular complexity index is 1010. The van der Waals surface area contributed by atoms with Crippen LogP contribution in [0.3, 0.4) is 0 Å². The van der Waals surface area contributed by atoms with E-state index in [4.69, 9.17) is 27.9 Å². The molecule has 1 amide bonds. The highest BCUT2D eigenvalue weighted by Crippen LogP contribution is 2.40. The molecule has 0 aliphatic carbocycles. The van der Waals surface area contributed by atoms with Crippen LogP contribution in [0.4, 0.5) is 11.4 Å². The van der Waals surface area contributed by atoms with Crippen LogP contribution >= 0.6 is 23.2 Å². The van der Waals surface area contributed by atoms with Gasteiger partial charge in [0.1, 0.15) is 11.9 Å². The number of nitrogens with one attached hydrogen (secondary N) is 1. The molecule has 0 bridgehead atoms. The molecule has 1 heterocycles. The second-order valence-electron chi connectivity index (χ2n) is 6.13. The zero-order chi connectivity index (χ0) is 19.0. The molecule has 1 unspecified atom stereocenters. The van der Waals surface area contributed by atoms with Crippen molar-refractivity contribution in [2.45, 2.75) is 6.17 Å². The molecule has 0 saturated heterocycles. The number of rotatable bonds is 4. The summed E-state index contributed by atoms with van der Waals surface area (Å²) in [5, 5.41) is 4.61. The first-order chi connectivity index (χ1) is 13.1. The van der Waals surface area contributed by atoms with Gasteiger partial charge in [0.25, 0.3) is 5.91 Å². The van der Waals surface area contributed by atoms with Crippen molar-refractivity contribution in [3.05, 3.63) is 87.9 Å². The summed E-state index contributed by atoms with van der Waals surface area (Å²) in [4.78, 5) is 14.8. The van der Waals surface area contributed by atoms with E-state index in [1.165, 1.54) is 0 Å². The Kier molecular flexibility index (Phi) is 4.68. The molecule has 1 aliphatic heterocycles. The maximum absolute atomic E-state index is 13.1. The van der Waals surface area contributed by atoms with Crippen molar-refractivity contribution in [2.75, 3.05) is 17.3 Å². The van der Waals surface area contributed by atoms with Crippen LogP contribution < -0.4 is 15.0 Å². The number of carbonyl (C=O) groups excluding carboxylic acids is 1. The number of benzene rings is 3. The van der Waals surface area contributed by atoms with Crippen molar-refractivity contribution in [3.8, 4) is 5.75 Å². The number of carbonyl (C=O) groups is 1. The van der Waals surface area contributed by atoms with Gasteiger partial charge in [0, 0.05) is 26.9 Å². The predicted octanol–water partition coefficient (Wildman–Crippen LogP) is 5.77. The summed E-state index contributed by atoms with van der Waals surface area (Å²) in [7, 11) is 1.60. The molecule has 27 heavy (non-hydrogen) atoms.